The van der Waals surface area contributed by atoms with Crippen LogP contribution in [0.2, 0.25) is 0 Å². The molecule has 0 unspecified atom stereocenters. The van der Waals surface area contributed by atoms with Crippen LogP contribution >= 0.6 is 0 Å². The number of aromatic nitrogens is 2. The monoisotopic (exact) mass is 272 g/mol. The van der Waals surface area contributed by atoms with Crippen molar-refractivity contribution in [2.24, 2.45) is 5.92 Å². The zero-order chi connectivity index (χ0) is 13.4. The Hall–Kier alpha value is -1.62. The van der Waals surface area contributed by atoms with Crippen LogP contribution in [0.25, 0.3) is 0 Å². The molecule has 2 aliphatic heterocycles. The molecule has 1 aromatic rings. The van der Waals surface area contributed by atoms with Gasteiger partial charge in [0.2, 0.25) is 5.88 Å². The fraction of sp³-hybridized carbons (Fsp3) is 0.600. The molecule has 1 N–H and O–H groups in total. The molecule has 3 heterocycles. The first-order valence-electron chi connectivity index (χ1n) is 7.50. The van der Waals surface area contributed by atoms with Crippen molar-refractivity contribution < 1.29 is 4.74 Å². The van der Waals surface area contributed by atoms with Crippen LogP contribution in [0.1, 0.15) is 19.3 Å². The van der Waals surface area contributed by atoms with Gasteiger partial charge in [-0.25, -0.2) is 0 Å². The third-order valence-corrected chi connectivity index (χ3v) is 4.36. The molecule has 106 valence electrons. The van der Waals surface area contributed by atoms with Crippen LogP contribution in [0, 0.1) is 5.92 Å². The lowest BCUT2D eigenvalue weighted by Crippen LogP contribution is -2.27. The largest absolute Gasteiger partial charge is 0.477 e. The second-order valence-electron chi connectivity index (χ2n) is 5.98. The van der Waals surface area contributed by atoms with E-state index in [-0.39, 0.29) is 0 Å². The minimum atomic E-state index is 0.649. The van der Waals surface area contributed by atoms with Crippen molar-refractivity contribution in [2.75, 3.05) is 37.7 Å². The molecular weight excluding hydrogens is 252 g/mol. The summed E-state index contributed by atoms with van der Waals surface area (Å²) in [5, 5.41) is 11.9. The van der Waals surface area contributed by atoms with Gasteiger partial charge in [-0.05, 0) is 29.6 Å². The van der Waals surface area contributed by atoms with Gasteiger partial charge in [0.05, 0.1) is 6.61 Å². The molecule has 1 fully saturated rings. The van der Waals surface area contributed by atoms with Gasteiger partial charge in [-0.1, -0.05) is 12.8 Å². The number of ether oxygens (including phenoxy) is 1. The fourth-order valence-corrected chi connectivity index (χ4v) is 2.92. The number of rotatable bonds is 5. The highest BCUT2D eigenvalue weighted by atomic mass is 16.5. The van der Waals surface area contributed by atoms with E-state index >= 15 is 0 Å². The third kappa shape index (κ3) is 2.50. The number of hydrogen-bond donors (Lipinski definition) is 1. The Morgan fingerprint density at radius 3 is 2.60 bits per heavy atom. The molecule has 5 nitrogen and oxygen atoms in total. The van der Waals surface area contributed by atoms with Crippen molar-refractivity contribution in [3.8, 4) is 5.88 Å². The summed E-state index contributed by atoms with van der Waals surface area (Å²) in [4.78, 5) is 2.28. The predicted octanol–water partition coefficient (Wildman–Crippen LogP) is 1.38. The van der Waals surface area contributed by atoms with Crippen molar-refractivity contribution in [2.45, 2.75) is 19.3 Å². The highest BCUT2D eigenvalue weighted by Crippen LogP contribution is 2.32. The number of nitrogens with zero attached hydrogens (tertiary/aromatic N) is 3. The van der Waals surface area contributed by atoms with Gasteiger partial charge in [0, 0.05) is 32.2 Å². The van der Waals surface area contributed by atoms with Gasteiger partial charge in [-0.15, -0.1) is 10.2 Å². The first kappa shape index (κ1) is 12.1. The number of hydrogen-bond acceptors (Lipinski definition) is 5. The Labute approximate surface area is 119 Å². The van der Waals surface area contributed by atoms with E-state index in [2.05, 4.69) is 20.4 Å². The highest BCUT2D eigenvalue weighted by Gasteiger charge is 2.26. The van der Waals surface area contributed by atoms with Crippen LogP contribution in [0.4, 0.5) is 5.82 Å². The van der Waals surface area contributed by atoms with E-state index in [1.807, 2.05) is 12.1 Å². The molecule has 5 heteroatoms. The molecule has 0 radical (unpaired) electrons. The quantitative estimate of drug-likeness (QED) is 0.821. The SMILES string of the molecule is c1cc(N2CC3=C(CNC3)C2)nnc1OCCC1CC1. The van der Waals surface area contributed by atoms with E-state index < -0.39 is 0 Å². The van der Waals surface area contributed by atoms with Crippen LogP contribution in [0.15, 0.2) is 23.3 Å². The fourth-order valence-electron chi connectivity index (χ4n) is 2.92. The van der Waals surface area contributed by atoms with Crippen molar-refractivity contribution in [3.05, 3.63) is 23.3 Å². The molecule has 3 aliphatic rings. The van der Waals surface area contributed by atoms with Crippen molar-refractivity contribution in [1.29, 1.82) is 0 Å². The smallest absolute Gasteiger partial charge is 0.233 e. The Morgan fingerprint density at radius 2 is 1.95 bits per heavy atom. The Morgan fingerprint density at radius 1 is 1.15 bits per heavy atom. The summed E-state index contributed by atoms with van der Waals surface area (Å²) in [5.41, 5.74) is 3.05. The topological polar surface area (TPSA) is 50.3 Å². The van der Waals surface area contributed by atoms with Crippen LogP contribution < -0.4 is 15.0 Å². The molecule has 0 aromatic carbocycles. The average molecular weight is 272 g/mol. The van der Waals surface area contributed by atoms with Crippen molar-refractivity contribution in [3.63, 3.8) is 0 Å². The maximum Gasteiger partial charge on any atom is 0.233 e. The van der Waals surface area contributed by atoms with Gasteiger partial charge in [0.15, 0.2) is 5.82 Å². The van der Waals surface area contributed by atoms with E-state index in [0.717, 1.165) is 50.9 Å². The lowest BCUT2D eigenvalue weighted by atomic mass is 10.2. The van der Waals surface area contributed by atoms with Crippen LogP contribution in [0.3, 0.4) is 0 Å². The second kappa shape index (κ2) is 5.05. The minimum absolute atomic E-state index is 0.649. The van der Waals surface area contributed by atoms with Crippen LogP contribution in [-0.4, -0.2) is 43.0 Å². The summed E-state index contributed by atoms with van der Waals surface area (Å²) >= 11 is 0. The molecule has 0 atom stereocenters. The molecule has 0 bridgehead atoms. The van der Waals surface area contributed by atoms with E-state index in [0.29, 0.717) is 5.88 Å². The van der Waals surface area contributed by atoms with Gasteiger partial charge in [0.25, 0.3) is 0 Å². The summed E-state index contributed by atoms with van der Waals surface area (Å²) in [6, 6.07) is 3.96. The van der Waals surface area contributed by atoms with Gasteiger partial charge < -0.3 is 15.0 Å². The Balaban J connectivity index is 1.33. The molecule has 1 saturated carbocycles. The summed E-state index contributed by atoms with van der Waals surface area (Å²) in [6.45, 7) is 4.80. The summed E-state index contributed by atoms with van der Waals surface area (Å²) in [7, 11) is 0. The average Bonchev–Trinajstić information content (AvgIpc) is 3.03. The maximum atomic E-state index is 5.64. The minimum Gasteiger partial charge on any atom is -0.477 e. The van der Waals surface area contributed by atoms with E-state index in [4.69, 9.17) is 4.74 Å². The predicted molar refractivity (Wildman–Crippen MR) is 77.0 cm³/mol. The first-order chi connectivity index (χ1) is 9.88. The number of nitrogens with one attached hydrogen (secondary N) is 1. The maximum absolute atomic E-state index is 5.64. The molecule has 0 spiro atoms. The molecule has 0 amide bonds. The summed E-state index contributed by atoms with van der Waals surface area (Å²) in [5.74, 6) is 2.50. The Kier molecular flexibility index (Phi) is 3.07. The van der Waals surface area contributed by atoms with E-state index in [9.17, 15) is 0 Å². The van der Waals surface area contributed by atoms with E-state index in [1.54, 1.807) is 0 Å². The lowest BCUT2D eigenvalue weighted by Gasteiger charge is -2.18. The molecule has 0 saturated heterocycles. The molecule has 4 rings (SSSR count). The normalized spacial score (nSPS) is 21.5. The van der Waals surface area contributed by atoms with Crippen molar-refractivity contribution >= 4 is 5.82 Å². The molecule has 1 aromatic heterocycles. The third-order valence-electron chi connectivity index (χ3n) is 4.36. The lowest BCUT2D eigenvalue weighted by molar-refractivity contribution is 0.288. The second-order valence-corrected chi connectivity index (χ2v) is 5.98. The standard InChI is InChI=1S/C15H20N4O/c1-2-11(1)5-6-20-15-4-3-14(17-18-15)19-9-12-7-16-8-13(12)10-19/h3-4,11,16H,1-2,5-10H2. The summed E-state index contributed by atoms with van der Waals surface area (Å²) in [6.07, 6.45) is 3.89. The van der Waals surface area contributed by atoms with Gasteiger partial charge in [0.1, 0.15) is 0 Å². The van der Waals surface area contributed by atoms with Crippen LogP contribution in [-0.2, 0) is 0 Å². The van der Waals surface area contributed by atoms with Gasteiger partial charge >= 0.3 is 0 Å². The van der Waals surface area contributed by atoms with Gasteiger partial charge in [-0.3, -0.25) is 0 Å². The molecule has 20 heavy (non-hydrogen) atoms. The van der Waals surface area contributed by atoms with E-state index in [1.165, 1.54) is 24.0 Å². The highest BCUT2D eigenvalue weighted by molar-refractivity contribution is 5.49. The van der Waals surface area contributed by atoms with Crippen molar-refractivity contribution in [1.82, 2.24) is 15.5 Å². The zero-order valence-corrected chi connectivity index (χ0v) is 11.6. The first-order valence-corrected chi connectivity index (χ1v) is 7.50. The van der Waals surface area contributed by atoms with Gasteiger partial charge in [-0.2, -0.15) is 0 Å². The number of anilines is 1. The zero-order valence-electron chi connectivity index (χ0n) is 11.6. The molecule has 1 aliphatic carbocycles. The molecular formula is C15H20N4O. The summed E-state index contributed by atoms with van der Waals surface area (Å²) < 4.78 is 5.64. The Bertz CT molecular complexity index is 505. The van der Waals surface area contributed by atoms with Crippen LogP contribution in [0.5, 0.6) is 5.88 Å².